The Bertz CT molecular complexity index is 506. The summed E-state index contributed by atoms with van der Waals surface area (Å²) in [4.78, 5) is 12.9. The molecule has 136 valence electrons. The van der Waals surface area contributed by atoms with Crippen LogP contribution in [0.25, 0.3) is 0 Å². The van der Waals surface area contributed by atoms with Crippen LogP contribution in [0.3, 0.4) is 0 Å². The fraction of sp³-hybridized carbons (Fsp3) is 0.611. The summed E-state index contributed by atoms with van der Waals surface area (Å²) in [5.74, 6) is 0.132. The van der Waals surface area contributed by atoms with Crippen LogP contribution in [0.1, 0.15) is 37.7 Å². The second kappa shape index (κ2) is 10.9. The van der Waals surface area contributed by atoms with Gasteiger partial charge in [0.2, 0.25) is 5.91 Å². The zero-order valence-corrected chi connectivity index (χ0v) is 15.8. The van der Waals surface area contributed by atoms with Crippen molar-refractivity contribution in [2.45, 2.75) is 37.5 Å². The zero-order chi connectivity index (χ0) is 16.5. The average Bonchev–Trinajstić information content (AvgIpc) is 2.58. The molecule has 0 bridgehead atoms. The number of carbonyl (C=O) groups excluding carboxylic acids is 1. The highest BCUT2D eigenvalue weighted by atomic mass is 35.5. The quantitative estimate of drug-likeness (QED) is 0.686. The molecule has 0 unspecified atom stereocenters. The van der Waals surface area contributed by atoms with Gasteiger partial charge in [-0.1, -0.05) is 43.0 Å². The molecule has 1 aromatic carbocycles. The van der Waals surface area contributed by atoms with Crippen molar-refractivity contribution in [1.82, 2.24) is 10.6 Å². The first-order valence-electron chi connectivity index (χ1n) is 8.43. The first-order valence-corrected chi connectivity index (χ1v) is 8.81. The summed E-state index contributed by atoms with van der Waals surface area (Å²) in [6, 6.07) is 7.78. The minimum Gasteiger partial charge on any atom is -0.383 e. The van der Waals surface area contributed by atoms with E-state index in [0.717, 1.165) is 44.3 Å². The number of hydrogen-bond acceptors (Lipinski definition) is 3. The Hall–Kier alpha value is -0.810. The van der Waals surface area contributed by atoms with Crippen LogP contribution in [-0.4, -0.2) is 39.3 Å². The molecule has 1 aliphatic carbocycles. The van der Waals surface area contributed by atoms with E-state index in [1.165, 1.54) is 6.42 Å². The topological polar surface area (TPSA) is 50.4 Å². The maximum Gasteiger partial charge on any atom is 0.230 e. The summed E-state index contributed by atoms with van der Waals surface area (Å²) in [5.41, 5.74) is 0.630. The number of hydrogen-bond donors (Lipinski definition) is 2. The highest BCUT2D eigenvalue weighted by Gasteiger charge is 2.40. The Labute approximate surface area is 156 Å². The Balaban J connectivity index is 0.00000288. The van der Waals surface area contributed by atoms with E-state index in [9.17, 15) is 4.79 Å². The minimum atomic E-state index is -0.421. The van der Waals surface area contributed by atoms with Crippen LogP contribution in [0, 0.1) is 0 Å². The van der Waals surface area contributed by atoms with Gasteiger partial charge in [-0.3, -0.25) is 4.79 Å². The lowest BCUT2D eigenvalue weighted by atomic mass is 9.68. The summed E-state index contributed by atoms with van der Waals surface area (Å²) < 4.78 is 4.99. The van der Waals surface area contributed by atoms with E-state index in [1.54, 1.807) is 7.11 Å². The summed E-state index contributed by atoms with van der Waals surface area (Å²) in [6.07, 6.45) is 5.18. The smallest absolute Gasteiger partial charge is 0.230 e. The number of rotatable bonds is 8. The number of nitrogens with one attached hydrogen (secondary N) is 2. The SMILES string of the molecule is COCCNCCNC(=O)C1(c2cccc(Cl)c2)CCCCC1.Cl. The summed E-state index contributed by atoms with van der Waals surface area (Å²) in [5, 5.41) is 7.04. The second-order valence-electron chi connectivity index (χ2n) is 6.15. The predicted molar refractivity (Wildman–Crippen MR) is 101 cm³/mol. The van der Waals surface area contributed by atoms with Crippen molar-refractivity contribution >= 4 is 29.9 Å². The molecule has 1 aromatic rings. The first kappa shape index (κ1) is 21.2. The van der Waals surface area contributed by atoms with Crippen LogP contribution < -0.4 is 10.6 Å². The van der Waals surface area contributed by atoms with Crippen molar-refractivity contribution in [3.8, 4) is 0 Å². The number of amides is 1. The van der Waals surface area contributed by atoms with Crippen molar-refractivity contribution in [2.75, 3.05) is 33.4 Å². The van der Waals surface area contributed by atoms with E-state index in [2.05, 4.69) is 10.6 Å². The fourth-order valence-corrected chi connectivity index (χ4v) is 3.51. The van der Waals surface area contributed by atoms with Crippen molar-refractivity contribution in [3.05, 3.63) is 34.9 Å². The van der Waals surface area contributed by atoms with E-state index < -0.39 is 5.41 Å². The summed E-state index contributed by atoms with van der Waals surface area (Å²) >= 11 is 6.15. The highest BCUT2D eigenvalue weighted by Crippen LogP contribution is 2.40. The summed E-state index contributed by atoms with van der Waals surface area (Å²) in [6.45, 7) is 2.86. The Morgan fingerprint density at radius 2 is 1.96 bits per heavy atom. The van der Waals surface area contributed by atoms with Crippen LogP contribution in [0.4, 0.5) is 0 Å². The monoisotopic (exact) mass is 374 g/mol. The van der Waals surface area contributed by atoms with Gasteiger partial charge in [0.05, 0.1) is 12.0 Å². The van der Waals surface area contributed by atoms with Gasteiger partial charge in [0.25, 0.3) is 0 Å². The molecule has 2 rings (SSSR count). The van der Waals surface area contributed by atoms with Gasteiger partial charge in [-0.15, -0.1) is 12.4 Å². The van der Waals surface area contributed by atoms with Gasteiger partial charge in [-0.2, -0.15) is 0 Å². The van der Waals surface area contributed by atoms with Gasteiger partial charge in [0, 0.05) is 31.8 Å². The summed E-state index contributed by atoms with van der Waals surface area (Å²) in [7, 11) is 1.68. The molecule has 1 amide bonds. The molecular formula is C18H28Cl2N2O2. The lowest BCUT2D eigenvalue weighted by Gasteiger charge is -2.36. The normalized spacial score (nSPS) is 16.2. The van der Waals surface area contributed by atoms with Crippen molar-refractivity contribution in [1.29, 1.82) is 0 Å². The molecule has 2 N–H and O–H groups in total. The Morgan fingerprint density at radius 1 is 1.21 bits per heavy atom. The standard InChI is InChI=1S/C18H27ClN2O2.ClH/c1-23-13-12-20-10-11-21-17(22)18(8-3-2-4-9-18)15-6-5-7-16(19)14-15;/h5-7,14,20H,2-4,8-13H2,1H3,(H,21,22);1H. The molecule has 0 heterocycles. The highest BCUT2D eigenvalue weighted by molar-refractivity contribution is 6.30. The third-order valence-corrected chi connectivity index (χ3v) is 4.82. The van der Waals surface area contributed by atoms with Gasteiger partial charge in [-0.05, 0) is 30.5 Å². The maximum atomic E-state index is 12.9. The van der Waals surface area contributed by atoms with Gasteiger partial charge >= 0.3 is 0 Å². The fourth-order valence-electron chi connectivity index (χ4n) is 3.32. The maximum absolute atomic E-state index is 12.9. The molecule has 0 aromatic heterocycles. The van der Waals surface area contributed by atoms with Crippen LogP contribution in [-0.2, 0) is 14.9 Å². The van der Waals surface area contributed by atoms with E-state index in [1.807, 2.05) is 24.3 Å². The Kier molecular flexibility index (Phi) is 9.67. The molecule has 0 spiro atoms. The molecule has 1 fully saturated rings. The van der Waals surface area contributed by atoms with Crippen LogP contribution in [0.15, 0.2) is 24.3 Å². The Morgan fingerprint density at radius 3 is 2.62 bits per heavy atom. The predicted octanol–water partition coefficient (Wildman–Crippen LogP) is 3.32. The molecule has 0 atom stereocenters. The number of ether oxygens (including phenoxy) is 1. The largest absolute Gasteiger partial charge is 0.383 e. The third-order valence-electron chi connectivity index (χ3n) is 4.59. The lowest BCUT2D eigenvalue weighted by Crippen LogP contribution is -2.47. The van der Waals surface area contributed by atoms with E-state index >= 15 is 0 Å². The van der Waals surface area contributed by atoms with E-state index in [0.29, 0.717) is 18.2 Å². The van der Waals surface area contributed by atoms with E-state index in [-0.39, 0.29) is 18.3 Å². The first-order chi connectivity index (χ1) is 11.2. The average molecular weight is 375 g/mol. The van der Waals surface area contributed by atoms with Gasteiger partial charge in [0.1, 0.15) is 0 Å². The second-order valence-corrected chi connectivity index (χ2v) is 6.59. The number of carbonyl (C=O) groups is 1. The van der Waals surface area contributed by atoms with Crippen LogP contribution >= 0.6 is 24.0 Å². The molecule has 0 saturated heterocycles. The number of methoxy groups -OCH3 is 1. The molecule has 1 saturated carbocycles. The zero-order valence-electron chi connectivity index (χ0n) is 14.3. The van der Waals surface area contributed by atoms with Crippen molar-refractivity contribution < 1.29 is 9.53 Å². The van der Waals surface area contributed by atoms with Crippen molar-refractivity contribution in [2.24, 2.45) is 0 Å². The van der Waals surface area contributed by atoms with Crippen LogP contribution in [0.5, 0.6) is 0 Å². The number of halogens is 2. The molecule has 0 aliphatic heterocycles. The lowest BCUT2D eigenvalue weighted by molar-refractivity contribution is -0.128. The van der Waals surface area contributed by atoms with Gasteiger partial charge in [-0.25, -0.2) is 0 Å². The minimum absolute atomic E-state index is 0. The molecular weight excluding hydrogens is 347 g/mol. The number of benzene rings is 1. The van der Waals surface area contributed by atoms with Crippen molar-refractivity contribution in [3.63, 3.8) is 0 Å². The molecule has 1 aliphatic rings. The van der Waals surface area contributed by atoms with Crippen LogP contribution in [0.2, 0.25) is 5.02 Å². The van der Waals surface area contributed by atoms with Gasteiger partial charge in [0.15, 0.2) is 0 Å². The molecule has 24 heavy (non-hydrogen) atoms. The molecule has 6 heteroatoms. The molecule has 0 radical (unpaired) electrons. The van der Waals surface area contributed by atoms with E-state index in [4.69, 9.17) is 16.3 Å². The third kappa shape index (κ3) is 5.62. The molecule has 4 nitrogen and oxygen atoms in total. The van der Waals surface area contributed by atoms with Gasteiger partial charge < -0.3 is 15.4 Å².